The third-order valence-corrected chi connectivity index (χ3v) is 6.38. The predicted octanol–water partition coefficient (Wildman–Crippen LogP) is 3.57. The Balaban J connectivity index is 1.37. The Labute approximate surface area is 212 Å². The van der Waals surface area contributed by atoms with E-state index >= 15 is 8.78 Å². The van der Waals surface area contributed by atoms with E-state index in [0.29, 0.717) is 31.7 Å². The smallest absolute Gasteiger partial charge is 0.336 e. The number of aryl methyl sites for hydroxylation is 1. The number of alkyl halides is 2. The highest BCUT2D eigenvalue weighted by Gasteiger charge is 2.42. The van der Waals surface area contributed by atoms with Crippen LogP contribution in [0.5, 0.6) is 0 Å². The summed E-state index contributed by atoms with van der Waals surface area (Å²) in [6, 6.07) is 8.72. The Morgan fingerprint density at radius 3 is 2.53 bits per heavy atom. The van der Waals surface area contributed by atoms with E-state index in [9.17, 15) is 13.6 Å². The van der Waals surface area contributed by atoms with Crippen LogP contribution >= 0.6 is 0 Å². The number of benzene rings is 2. The van der Waals surface area contributed by atoms with E-state index in [4.69, 9.17) is 4.74 Å². The lowest BCUT2D eigenvalue weighted by atomic mass is 10.0. The molecule has 0 aliphatic carbocycles. The summed E-state index contributed by atoms with van der Waals surface area (Å²) in [5.74, 6) is -7.21. The van der Waals surface area contributed by atoms with E-state index in [1.54, 1.807) is 7.05 Å². The van der Waals surface area contributed by atoms with Crippen molar-refractivity contribution in [2.24, 2.45) is 7.05 Å². The summed E-state index contributed by atoms with van der Waals surface area (Å²) in [4.78, 5) is 14.2. The molecule has 1 aliphatic rings. The molecule has 1 aliphatic heterocycles. The van der Waals surface area contributed by atoms with Gasteiger partial charge < -0.3 is 9.64 Å². The summed E-state index contributed by atoms with van der Waals surface area (Å²) in [6.07, 6.45) is 1.49. The van der Waals surface area contributed by atoms with Crippen molar-refractivity contribution in [1.29, 1.82) is 0 Å². The molecule has 1 saturated heterocycles. The fraction of sp³-hybridized carbons (Fsp3) is 0.240. The van der Waals surface area contributed by atoms with Crippen LogP contribution in [-0.4, -0.2) is 66.7 Å². The number of morpholine rings is 1. The number of hydrogen-bond donors (Lipinski definition) is 0. The van der Waals surface area contributed by atoms with Gasteiger partial charge in [-0.1, -0.05) is 6.07 Å². The lowest BCUT2D eigenvalue weighted by Crippen LogP contribution is -2.41. The largest absolute Gasteiger partial charge is 0.378 e. The van der Waals surface area contributed by atoms with Crippen LogP contribution in [0.4, 0.5) is 17.6 Å². The van der Waals surface area contributed by atoms with Crippen LogP contribution in [-0.2, 0) is 17.7 Å². The molecule has 4 heterocycles. The molecule has 38 heavy (non-hydrogen) atoms. The molecule has 1 amide bonds. The van der Waals surface area contributed by atoms with E-state index in [0.717, 1.165) is 22.7 Å². The molecule has 194 valence electrons. The first-order valence-electron chi connectivity index (χ1n) is 11.6. The van der Waals surface area contributed by atoms with Gasteiger partial charge in [0, 0.05) is 43.4 Å². The van der Waals surface area contributed by atoms with Gasteiger partial charge in [0.05, 0.1) is 35.6 Å². The van der Waals surface area contributed by atoms with Gasteiger partial charge in [-0.15, -0.1) is 10.2 Å². The van der Waals surface area contributed by atoms with Crippen LogP contribution in [0.2, 0.25) is 0 Å². The van der Waals surface area contributed by atoms with Crippen molar-refractivity contribution in [2.45, 2.75) is 5.92 Å². The zero-order valence-electron chi connectivity index (χ0n) is 19.9. The first-order valence-corrected chi connectivity index (χ1v) is 11.6. The number of carbonyl (C=O) groups excluding carboxylic acids is 1. The Kier molecular flexibility index (Phi) is 5.60. The third-order valence-electron chi connectivity index (χ3n) is 6.38. The molecular weight excluding hydrogens is 506 g/mol. The Bertz CT molecular complexity index is 1710. The fourth-order valence-corrected chi connectivity index (χ4v) is 4.45. The molecule has 1 fully saturated rings. The van der Waals surface area contributed by atoms with Gasteiger partial charge in [-0.25, -0.2) is 8.78 Å². The number of nitrogens with zero attached hydrogens (tertiary/aromatic N) is 7. The van der Waals surface area contributed by atoms with Gasteiger partial charge in [-0.05, 0) is 30.3 Å². The van der Waals surface area contributed by atoms with Crippen molar-refractivity contribution in [3.63, 3.8) is 0 Å². The molecule has 0 bridgehead atoms. The number of ether oxygens (including phenoxy) is 1. The Morgan fingerprint density at radius 2 is 1.76 bits per heavy atom. The molecule has 0 N–H and O–H groups in total. The second-order valence-corrected chi connectivity index (χ2v) is 8.88. The van der Waals surface area contributed by atoms with Gasteiger partial charge >= 0.3 is 5.92 Å². The second-order valence-electron chi connectivity index (χ2n) is 8.88. The zero-order chi connectivity index (χ0) is 26.6. The number of rotatable bonds is 4. The summed E-state index contributed by atoms with van der Waals surface area (Å²) in [5, 5.41) is 15.9. The first kappa shape index (κ1) is 24.0. The number of aromatic nitrogens is 6. The SMILES string of the molecule is Cn1cc2cc(C(F)(F)c3nnc4ccc(-c5ccc(C(=O)N6CCOCC6)c(F)c5)nn34)c(F)cc2n1. The maximum atomic E-state index is 15.6. The maximum absolute atomic E-state index is 15.6. The minimum atomic E-state index is -3.90. The van der Waals surface area contributed by atoms with E-state index in [1.165, 1.54) is 40.0 Å². The van der Waals surface area contributed by atoms with E-state index in [1.807, 2.05) is 0 Å². The minimum Gasteiger partial charge on any atom is -0.378 e. The molecule has 2 aromatic carbocycles. The summed E-state index contributed by atoms with van der Waals surface area (Å²) in [5.41, 5.74) is -0.429. The molecule has 0 spiro atoms. The number of hydrogen-bond acceptors (Lipinski definition) is 6. The predicted molar refractivity (Wildman–Crippen MR) is 127 cm³/mol. The zero-order valence-corrected chi connectivity index (χ0v) is 19.9. The van der Waals surface area contributed by atoms with Gasteiger partial charge in [0.2, 0.25) is 5.82 Å². The van der Waals surface area contributed by atoms with E-state index in [-0.39, 0.29) is 28.0 Å². The average Bonchev–Trinajstić information content (AvgIpc) is 3.50. The lowest BCUT2D eigenvalue weighted by Gasteiger charge is -2.27. The number of fused-ring (bicyclic) bond motifs is 2. The topological polar surface area (TPSA) is 90.4 Å². The lowest BCUT2D eigenvalue weighted by molar-refractivity contribution is 0.0270. The molecule has 6 rings (SSSR count). The molecule has 3 aromatic heterocycles. The molecule has 0 atom stereocenters. The maximum Gasteiger partial charge on any atom is 0.336 e. The van der Waals surface area contributed by atoms with Crippen molar-refractivity contribution in [2.75, 3.05) is 26.3 Å². The fourth-order valence-electron chi connectivity index (χ4n) is 4.45. The second kappa shape index (κ2) is 8.87. The monoisotopic (exact) mass is 525 g/mol. The van der Waals surface area contributed by atoms with Crippen LogP contribution in [0.25, 0.3) is 27.8 Å². The van der Waals surface area contributed by atoms with Crippen LogP contribution in [0, 0.1) is 11.6 Å². The molecular formula is C25H19F4N7O2. The van der Waals surface area contributed by atoms with Crippen LogP contribution < -0.4 is 0 Å². The normalized spacial score (nSPS) is 14.5. The van der Waals surface area contributed by atoms with Crippen LogP contribution in [0.3, 0.4) is 0 Å². The van der Waals surface area contributed by atoms with Gasteiger partial charge in [-0.3, -0.25) is 9.48 Å². The molecule has 0 radical (unpaired) electrons. The van der Waals surface area contributed by atoms with Gasteiger partial charge in [0.15, 0.2) is 5.65 Å². The van der Waals surface area contributed by atoms with Gasteiger partial charge in [0.25, 0.3) is 5.91 Å². The van der Waals surface area contributed by atoms with E-state index in [2.05, 4.69) is 20.4 Å². The summed E-state index contributed by atoms with van der Waals surface area (Å²) in [6.45, 7) is 1.47. The van der Waals surface area contributed by atoms with Crippen molar-refractivity contribution in [3.05, 3.63) is 77.2 Å². The minimum absolute atomic E-state index is 0.00845. The molecule has 0 unspecified atom stereocenters. The standard InChI is InChI=1S/C25H19F4N7O2/c1-34-13-15-10-17(19(27)12-21(15)32-34)25(28,29)24-31-30-22-5-4-20(33-36(22)24)14-2-3-16(18(26)11-14)23(37)35-6-8-38-9-7-35/h2-5,10-13H,6-9H2,1H3. The van der Waals surface area contributed by atoms with Crippen molar-refractivity contribution in [1.82, 2.24) is 34.5 Å². The van der Waals surface area contributed by atoms with Gasteiger partial charge in [0.1, 0.15) is 11.6 Å². The van der Waals surface area contributed by atoms with Crippen molar-refractivity contribution >= 4 is 22.5 Å². The highest BCUT2D eigenvalue weighted by molar-refractivity contribution is 5.95. The highest BCUT2D eigenvalue weighted by Crippen LogP contribution is 2.38. The van der Waals surface area contributed by atoms with Crippen molar-refractivity contribution in [3.8, 4) is 11.3 Å². The summed E-state index contributed by atoms with van der Waals surface area (Å²) >= 11 is 0. The number of carbonyl (C=O) groups is 1. The highest BCUT2D eigenvalue weighted by atomic mass is 19.3. The first-order chi connectivity index (χ1) is 18.2. The quantitative estimate of drug-likeness (QED) is 0.334. The van der Waals surface area contributed by atoms with Gasteiger partial charge in [-0.2, -0.15) is 23.5 Å². The third kappa shape index (κ3) is 3.95. The molecule has 13 heteroatoms. The van der Waals surface area contributed by atoms with Crippen LogP contribution in [0.1, 0.15) is 21.7 Å². The number of amides is 1. The Hall–Kier alpha value is -4.39. The summed E-state index contributed by atoms with van der Waals surface area (Å²) in [7, 11) is 1.60. The summed E-state index contributed by atoms with van der Waals surface area (Å²) < 4.78 is 68.4. The average molecular weight is 525 g/mol. The molecule has 5 aromatic rings. The molecule has 0 saturated carbocycles. The van der Waals surface area contributed by atoms with Crippen LogP contribution in [0.15, 0.2) is 48.7 Å². The van der Waals surface area contributed by atoms with E-state index < -0.39 is 34.9 Å². The number of halogens is 4. The Morgan fingerprint density at radius 1 is 0.974 bits per heavy atom. The van der Waals surface area contributed by atoms with Crippen molar-refractivity contribution < 1.29 is 27.1 Å². The molecule has 9 nitrogen and oxygen atoms in total.